The Kier molecular flexibility index (Phi) is 7.70. The molecule has 0 fully saturated rings. The van der Waals surface area contributed by atoms with Crippen LogP contribution in [-0.2, 0) is 0 Å². The molecular formula is C22H31NO. The van der Waals surface area contributed by atoms with Crippen molar-refractivity contribution >= 4 is 12.0 Å². The predicted molar refractivity (Wildman–Crippen MR) is 106 cm³/mol. The molecule has 2 heteroatoms. The molecule has 2 nitrogen and oxygen atoms in total. The molecule has 0 aliphatic heterocycles. The third kappa shape index (κ3) is 4.05. The Balaban J connectivity index is 0.00000288. The van der Waals surface area contributed by atoms with Crippen molar-refractivity contribution in [1.29, 1.82) is 0 Å². The van der Waals surface area contributed by atoms with Gasteiger partial charge in [0.15, 0.2) is 6.29 Å². The third-order valence-electron chi connectivity index (χ3n) is 4.26. The maximum atomic E-state index is 11.6. The van der Waals surface area contributed by atoms with Gasteiger partial charge in [0.05, 0.1) is 0 Å². The maximum absolute atomic E-state index is 11.6. The number of benzene rings is 2. The van der Waals surface area contributed by atoms with Gasteiger partial charge in [0.25, 0.3) is 0 Å². The van der Waals surface area contributed by atoms with Gasteiger partial charge < -0.3 is 4.90 Å². The lowest BCUT2D eigenvalue weighted by molar-refractivity contribution is 0.112. The first-order valence-electron chi connectivity index (χ1n) is 8.53. The first-order valence-corrected chi connectivity index (χ1v) is 8.53. The second kappa shape index (κ2) is 9.27. The maximum Gasteiger partial charge on any atom is 0.150 e. The van der Waals surface area contributed by atoms with Gasteiger partial charge in [0.1, 0.15) is 0 Å². The summed E-state index contributed by atoms with van der Waals surface area (Å²) in [6.07, 6.45) is 3.20. The minimum absolute atomic E-state index is 0. The number of aldehydes is 1. The van der Waals surface area contributed by atoms with Crippen LogP contribution in [0.5, 0.6) is 0 Å². The minimum atomic E-state index is 0. The fourth-order valence-electron chi connectivity index (χ4n) is 3.26. The van der Waals surface area contributed by atoms with Crippen LogP contribution in [0.25, 0.3) is 11.1 Å². The normalized spacial score (nSPS) is 10.2. The van der Waals surface area contributed by atoms with Gasteiger partial charge in [-0.3, -0.25) is 4.79 Å². The summed E-state index contributed by atoms with van der Waals surface area (Å²) in [7, 11) is 0. The highest BCUT2D eigenvalue weighted by molar-refractivity contribution is 5.94. The predicted octanol–water partition coefficient (Wildman–Crippen LogP) is 6.05. The summed E-state index contributed by atoms with van der Waals surface area (Å²) >= 11 is 0. The van der Waals surface area contributed by atoms with Gasteiger partial charge >= 0.3 is 0 Å². The lowest BCUT2D eigenvalue weighted by atomic mass is 9.90. The van der Waals surface area contributed by atoms with E-state index in [-0.39, 0.29) is 7.43 Å². The SMILES string of the molecule is C.CCCN(CCC)c1cccc(C)c1-c1c(C)cccc1C=O. The van der Waals surface area contributed by atoms with Crippen LogP contribution in [0, 0.1) is 13.8 Å². The summed E-state index contributed by atoms with van der Waals surface area (Å²) in [6, 6.07) is 12.4. The second-order valence-electron chi connectivity index (χ2n) is 6.11. The number of anilines is 1. The molecule has 0 spiro atoms. The van der Waals surface area contributed by atoms with Crippen LogP contribution >= 0.6 is 0 Å². The zero-order chi connectivity index (χ0) is 16.8. The Morgan fingerprint density at radius 3 is 1.96 bits per heavy atom. The monoisotopic (exact) mass is 325 g/mol. The molecule has 130 valence electrons. The molecule has 0 aliphatic rings. The standard InChI is InChI=1S/C21H27NO.CH4/c1-5-13-22(14-6-2)19-12-8-10-17(4)21(19)20-16(3)9-7-11-18(20)15-23;/h7-12,15H,5-6,13-14H2,1-4H3;1H4. The smallest absolute Gasteiger partial charge is 0.150 e. The first-order chi connectivity index (χ1) is 11.1. The summed E-state index contributed by atoms with van der Waals surface area (Å²) in [5.41, 5.74) is 6.66. The van der Waals surface area contributed by atoms with Crippen LogP contribution in [-0.4, -0.2) is 19.4 Å². The van der Waals surface area contributed by atoms with Crippen molar-refractivity contribution in [3.8, 4) is 11.1 Å². The van der Waals surface area contributed by atoms with Crippen LogP contribution in [0.15, 0.2) is 36.4 Å². The lowest BCUT2D eigenvalue weighted by Gasteiger charge is -2.28. The number of aryl methyl sites for hydroxylation is 2. The highest BCUT2D eigenvalue weighted by Gasteiger charge is 2.17. The Morgan fingerprint density at radius 1 is 0.875 bits per heavy atom. The molecule has 2 aromatic carbocycles. The summed E-state index contributed by atoms with van der Waals surface area (Å²) < 4.78 is 0. The molecule has 0 N–H and O–H groups in total. The molecule has 2 rings (SSSR count). The van der Waals surface area contributed by atoms with Crippen molar-refractivity contribution in [2.75, 3.05) is 18.0 Å². The van der Waals surface area contributed by atoms with Crippen molar-refractivity contribution in [3.63, 3.8) is 0 Å². The van der Waals surface area contributed by atoms with E-state index >= 15 is 0 Å². The number of nitrogens with zero attached hydrogens (tertiary/aromatic N) is 1. The number of rotatable bonds is 7. The van der Waals surface area contributed by atoms with Gasteiger partial charge in [-0.1, -0.05) is 51.6 Å². The quantitative estimate of drug-likeness (QED) is 0.578. The molecule has 0 aliphatic carbocycles. The van der Waals surface area contributed by atoms with Gasteiger partial charge in [-0.15, -0.1) is 0 Å². The number of hydrogen-bond acceptors (Lipinski definition) is 2. The fraction of sp³-hybridized carbons (Fsp3) is 0.409. The van der Waals surface area contributed by atoms with Crippen LogP contribution in [0.4, 0.5) is 5.69 Å². The minimum Gasteiger partial charge on any atom is -0.371 e. The molecule has 0 aromatic heterocycles. The van der Waals surface area contributed by atoms with E-state index in [4.69, 9.17) is 0 Å². The second-order valence-corrected chi connectivity index (χ2v) is 6.11. The average Bonchev–Trinajstić information content (AvgIpc) is 2.55. The molecular weight excluding hydrogens is 294 g/mol. The Bertz CT molecular complexity index is 670. The summed E-state index contributed by atoms with van der Waals surface area (Å²) in [5, 5.41) is 0. The molecule has 0 radical (unpaired) electrons. The van der Waals surface area contributed by atoms with Crippen LogP contribution < -0.4 is 4.90 Å². The van der Waals surface area contributed by atoms with E-state index in [0.29, 0.717) is 0 Å². The van der Waals surface area contributed by atoms with E-state index < -0.39 is 0 Å². The molecule has 0 heterocycles. The molecule has 0 saturated heterocycles. The van der Waals surface area contributed by atoms with Gasteiger partial charge in [0, 0.05) is 29.9 Å². The number of carbonyl (C=O) groups excluding carboxylic acids is 1. The Morgan fingerprint density at radius 2 is 1.42 bits per heavy atom. The van der Waals surface area contributed by atoms with Crippen LogP contribution in [0.2, 0.25) is 0 Å². The summed E-state index contributed by atoms with van der Waals surface area (Å²) in [5.74, 6) is 0. The molecule has 0 amide bonds. The van der Waals surface area contributed by atoms with Gasteiger partial charge in [0.2, 0.25) is 0 Å². The molecule has 0 atom stereocenters. The number of carbonyl (C=O) groups is 1. The van der Waals surface area contributed by atoms with E-state index in [1.54, 1.807) is 0 Å². The first kappa shape index (κ1) is 20.0. The van der Waals surface area contributed by atoms with E-state index in [0.717, 1.165) is 48.9 Å². The Labute approximate surface area is 147 Å². The largest absolute Gasteiger partial charge is 0.371 e. The molecule has 0 bridgehead atoms. The van der Waals surface area contributed by atoms with Crippen molar-refractivity contribution in [1.82, 2.24) is 0 Å². The molecule has 0 unspecified atom stereocenters. The number of hydrogen-bond donors (Lipinski definition) is 0. The zero-order valence-electron chi connectivity index (χ0n) is 14.7. The fourth-order valence-corrected chi connectivity index (χ4v) is 3.26. The van der Waals surface area contributed by atoms with E-state index in [9.17, 15) is 4.79 Å². The van der Waals surface area contributed by atoms with Crippen molar-refractivity contribution in [2.45, 2.75) is 48.0 Å². The van der Waals surface area contributed by atoms with Crippen molar-refractivity contribution in [2.24, 2.45) is 0 Å². The Hall–Kier alpha value is -2.09. The highest BCUT2D eigenvalue weighted by Crippen LogP contribution is 2.37. The van der Waals surface area contributed by atoms with E-state index in [1.165, 1.54) is 16.8 Å². The zero-order valence-corrected chi connectivity index (χ0v) is 14.7. The molecule has 2 aromatic rings. The summed E-state index contributed by atoms with van der Waals surface area (Å²) in [4.78, 5) is 14.0. The third-order valence-corrected chi connectivity index (χ3v) is 4.26. The highest BCUT2D eigenvalue weighted by atomic mass is 16.1. The molecule has 24 heavy (non-hydrogen) atoms. The van der Waals surface area contributed by atoms with E-state index in [2.05, 4.69) is 56.9 Å². The van der Waals surface area contributed by atoms with Gasteiger partial charge in [-0.25, -0.2) is 0 Å². The lowest BCUT2D eigenvalue weighted by Crippen LogP contribution is -2.25. The molecule has 0 saturated carbocycles. The van der Waals surface area contributed by atoms with Crippen LogP contribution in [0.1, 0.15) is 55.6 Å². The van der Waals surface area contributed by atoms with Gasteiger partial charge in [-0.2, -0.15) is 0 Å². The van der Waals surface area contributed by atoms with Crippen molar-refractivity contribution in [3.05, 3.63) is 53.1 Å². The van der Waals surface area contributed by atoms with Gasteiger partial charge in [-0.05, 0) is 49.4 Å². The van der Waals surface area contributed by atoms with Crippen molar-refractivity contribution < 1.29 is 4.79 Å². The summed E-state index contributed by atoms with van der Waals surface area (Å²) in [6.45, 7) is 10.7. The van der Waals surface area contributed by atoms with E-state index in [1.807, 2.05) is 12.1 Å². The average molecular weight is 325 g/mol. The topological polar surface area (TPSA) is 20.3 Å². The van der Waals surface area contributed by atoms with Crippen LogP contribution in [0.3, 0.4) is 0 Å².